The number of aromatic nitrogens is 2. The Hall–Kier alpha value is -3.71. The molecule has 32 heavy (non-hydrogen) atoms. The number of hydrogen-bond acceptors (Lipinski definition) is 4. The van der Waals surface area contributed by atoms with Gasteiger partial charge in [0.15, 0.2) is 0 Å². The lowest BCUT2D eigenvalue weighted by molar-refractivity contribution is -0.116. The van der Waals surface area contributed by atoms with E-state index in [1.165, 1.54) is 16.2 Å². The molecule has 4 rings (SSSR count). The first-order valence-corrected chi connectivity index (χ1v) is 11.3. The third-order valence-corrected chi connectivity index (χ3v) is 6.00. The molecule has 1 N–H and O–H groups in total. The number of benzene rings is 2. The molecule has 0 saturated heterocycles. The number of nitrogens with zero attached hydrogens (tertiary/aromatic N) is 3. The van der Waals surface area contributed by atoms with Crippen molar-refractivity contribution in [2.24, 2.45) is 0 Å². The Morgan fingerprint density at radius 2 is 1.78 bits per heavy atom. The van der Waals surface area contributed by atoms with Gasteiger partial charge in [0.1, 0.15) is 5.69 Å². The molecule has 0 aliphatic rings. The largest absolute Gasteiger partial charge is 0.332 e. The standard InChI is InChI=1S/C25H24N4O2S/c1-3-18-10-7-8-13-21(18)26-23(30)17-28(2)25(31)20-16-29(19-11-5-4-6-12-19)27-24(20)22-14-9-15-32-22/h4-16H,3,17H2,1-2H3,(H,26,30). The van der Waals surface area contributed by atoms with Crippen LogP contribution in [0.1, 0.15) is 22.8 Å². The molecule has 6 nitrogen and oxygen atoms in total. The number of para-hydroxylation sites is 2. The van der Waals surface area contributed by atoms with Gasteiger partial charge >= 0.3 is 0 Å². The smallest absolute Gasteiger partial charge is 0.257 e. The Labute approximate surface area is 191 Å². The van der Waals surface area contributed by atoms with Gasteiger partial charge in [0.05, 0.1) is 22.7 Å². The maximum atomic E-state index is 13.3. The van der Waals surface area contributed by atoms with Crippen molar-refractivity contribution >= 4 is 28.8 Å². The third kappa shape index (κ3) is 4.63. The first kappa shape index (κ1) is 21.5. The molecular formula is C25H24N4O2S. The molecule has 0 radical (unpaired) electrons. The van der Waals surface area contributed by atoms with Gasteiger partial charge < -0.3 is 10.2 Å². The van der Waals surface area contributed by atoms with Crippen LogP contribution in [-0.4, -0.2) is 40.1 Å². The van der Waals surface area contributed by atoms with Crippen molar-refractivity contribution in [2.45, 2.75) is 13.3 Å². The van der Waals surface area contributed by atoms with Crippen molar-refractivity contribution in [3.8, 4) is 16.3 Å². The quantitative estimate of drug-likeness (QED) is 0.442. The van der Waals surface area contributed by atoms with Gasteiger partial charge in [0.25, 0.3) is 5.91 Å². The van der Waals surface area contributed by atoms with E-state index in [9.17, 15) is 9.59 Å². The highest BCUT2D eigenvalue weighted by atomic mass is 32.1. The molecule has 2 amide bonds. The second-order valence-electron chi connectivity index (χ2n) is 7.37. The minimum absolute atomic E-state index is 0.0583. The Bertz CT molecular complexity index is 1220. The normalized spacial score (nSPS) is 10.7. The average Bonchev–Trinajstić information content (AvgIpc) is 3.49. The van der Waals surface area contributed by atoms with Crippen molar-refractivity contribution in [1.82, 2.24) is 14.7 Å². The maximum Gasteiger partial charge on any atom is 0.257 e. The van der Waals surface area contributed by atoms with Crippen LogP contribution in [0.15, 0.2) is 78.3 Å². The average molecular weight is 445 g/mol. The number of likely N-dealkylation sites (N-methyl/N-ethyl adjacent to an activating group) is 1. The van der Waals surface area contributed by atoms with Crippen LogP contribution < -0.4 is 5.32 Å². The lowest BCUT2D eigenvalue weighted by Crippen LogP contribution is -2.35. The number of nitrogens with one attached hydrogen (secondary N) is 1. The second kappa shape index (κ2) is 9.62. The van der Waals surface area contributed by atoms with E-state index < -0.39 is 0 Å². The molecule has 0 atom stereocenters. The van der Waals surface area contributed by atoms with E-state index in [0.29, 0.717) is 11.3 Å². The molecule has 2 aromatic carbocycles. The minimum atomic E-state index is -0.255. The molecule has 162 valence electrons. The number of hydrogen-bond donors (Lipinski definition) is 1. The van der Waals surface area contributed by atoms with Crippen LogP contribution in [0, 0.1) is 0 Å². The van der Waals surface area contributed by atoms with Crippen LogP contribution in [0.25, 0.3) is 16.3 Å². The molecule has 0 fully saturated rings. The SMILES string of the molecule is CCc1ccccc1NC(=O)CN(C)C(=O)c1cn(-c2ccccc2)nc1-c1cccs1. The molecule has 0 spiro atoms. The predicted octanol–water partition coefficient (Wildman–Crippen LogP) is 4.87. The van der Waals surface area contributed by atoms with E-state index >= 15 is 0 Å². The first-order valence-electron chi connectivity index (χ1n) is 10.4. The van der Waals surface area contributed by atoms with Crippen molar-refractivity contribution in [2.75, 3.05) is 18.9 Å². The lowest BCUT2D eigenvalue weighted by atomic mass is 10.1. The number of carbonyl (C=O) groups is 2. The molecule has 0 unspecified atom stereocenters. The Balaban J connectivity index is 1.56. The first-order chi connectivity index (χ1) is 15.6. The summed E-state index contributed by atoms with van der Waals surface area (Å²) in [6, 6.07) is 21.2. The van der Waals surface area contributed by atoms with Crippen LogP contribution >= 0.6 is 11.3 Å². The van der Waals surface area contributed by atoms with E-state index in [2.05, 4.69) is 10.4 Å². The van der Waals surface area contributed by atoms with Crippen LogP contribution in [0.4, 0.5) is 5.69 Å². The number of amides is 2. The molecule has 0 bridgehead atoms. The fraction of sp³-hybridized carbons (Fsp3) is 0.160. The number of rotatable bonds is 7. The summed E-state index contributed by atoms with van der Waals surface area (Å²) in [5.41, 5.74) is 3.76. The van der Waals surface area contributed by atoms with Gasteiger partial charge in [-0.05, 0) is 41.6 Å². The highest BCUT2D eigenvalue weighted by Gasteiger charge is 2.23. The maximum absolute atomic E-state index is 13.3. The van der Waals surface area contributed by atoms with Crippen LogP contribution in [0.3, 0.4) is 0 Å². The number of thiophene rings is 1. The lowest BCUT2D eigenvalue weighted by Gasteiger charge is -2.17. The highest BCUT2D eigenvalue weighted by Crippen LogP contribution is 2.28. The molecule has 0 saturated carbocycles. The summed E-state index contributed by atoms with van der Waals surface area (Å²) in [4.78, 5) is 28.3. The fourth-order valence-corrected chi connectivity index (χ4v) is 4.20. The number of carbonyl (C=O) groups excluding carboxylic acids is 2. The minimum Gasteiger partial charge on any atom is -0.332 e. The topological polar surface area (TPSA) is 67.2 Å². The molecule has 7 heteroatoms. The van der Waals surface area contributed by atoms with E-state index in [0.717, 1.165) is 28.2 Å². The summed E-state index contributed by atoms with van der Waals surface area (Å²) in [5, 5.41) is 9.55. The summed E-state index contributed by atoms with van der Waals surface area (Å²) in [6.45, 7) is 1.98. The van der Waals surface area contributed by atoms with E-state index in [1.54, 1.807) is 17.9 Å². The van der Waals surface area contributed by atoms with Crippen LogP contribution in [-0.2, 0) is 11.2 Å². The van der Waals surface area contributed by atoms with E-state index in [1.807, 2.05) is 79.0 Å². The van der Waals surface area contributed by atoms with Crippen molar-refractivity contribution in [3.05, 3.63) is 89.4 Å². The third-order valence-electron chi connectivity index (χ3n) is 5.12. The van der Waals surface area contributed by atoms with Crippen LogP contribution in [0.2, 0.25) is 0 Å². The fourth-order valence-electron chi connectivity index (χ4n) is 3.47. The Kier molecular flexibility index (Phi) is 6.47. The molecular weight excluding hydrogens is 420 g/mol. The van der Waals surface area contributed by atoms with Crippen molar-refractivity contribution < 1.29 is 9.59 Å². The molecule has 0 aliphatic heterocycles. The van der Waals surface area contributed by atoms with Gasteiger partial charge in [0.2, 0.25) is 5.91 Å². The van der Waals surface area contributed by atoms with Gasteiger partial charge in [-0.3, -0.25) is 9.59 Å². The predicted molar refractivity (Wildman–Crippen MR) is 128 cm³/mol. The van der Waals surface area contributed by atoms with Crippen molar-refractivity contribution in [3.63, 3.8) is 0 Å². The summed E-state index contributed by atoms with van der Waals surface area (Å²) >= 11 is 1.52. The van der Waals surface area contributed by atoms with Gasteiger partial charge in [-0.2, -0.15) is 5.10 Å². The summed E-state index contributed by atoms with van der Waals surface area (Å²) in [5.74, 6) is -0.496. The second-order valence-corrected chi connectivity index (χ2v) is 8.32. The monoisotopic (exact) mass is 444 g/mol. The molecule has 0 aliphatic carbocycles. The molecule has 2 heterocycles. The molecule has 4 aromatic rings. The summed E-state index contributed by atoms with van der Waals surface area (Å²) in [6.07, 6.45) is 2.54. The van der Waals surface area contributed by atoms with E-state index in [4.69, 9.17) is 0 Å². The zero-order chi connectivity index (χ0) is 22.5. The van der Waals surface area contributed by atoms with Crippen LogP contribution in [0.5, 0.6) is 0 Å². The van der Waals surface area contributed by atoms with Gasteiger partial charge in [-0.1, -0.05) is 49.4 Å². The Morgan fingerprint density at radius 3 is 2.50 bits per heavy atom. The van der Waals surface area contributed by atoms with Gasteiger partial charge in [-0.15, -0.1) is 11.3 Å². The van der Waals surface area contributed by atoms with Gasteiger partial charge in [-0.25, -0.2) is 4.68 Å². The molecule has 2 aromatic heterocycles. The number of aryl methyl sites for hydroxylation is 1. The van der Waals surface area contributed by atoms with Gasteiger partial charge in [0, 0.05) is 18.9 Å². The zero-order valence-corrected chi connectivity index (χ0v) is 18.8. The summed E-state index contributed by atoms with van der Waals surface area (Å²) < 4.78 is 1.70. The zero-order valence-electron chi connectivity index (χ0n) is 18.0. The van der Waals surface area contributed by atoms with E-state index in [-0.39, 0.29) is 18.4 Å². The Morgan fingerprint density at radius 1 is 1.03 bits per heavy atom. The summed E-state index contributed by atoms with van der Waals surface area (Å²) in [7, 11) is 1.63. The number of anilines is 1. The van der Waals surface area contributed by atoms with Crippen molar-refractivity contribution in [1.29, 1.82) is 0 Å². The highest BCUT2D eigenvalue weighted by molar-refractivity contribution is 7.13.